The van der Waals surface area contributed by atoms with Crippen molar-refractivity contribution in [1.82, 2.24) is 9.88 Å². The molecule has 1 aliphatic heterocycles. The van der Waals surface area contributed by atoms with Crippen LogP contribution < -0.4 is 5.32 Å². The molecule has 3 aromatic rings. The Balaban J connectivity index is 1.92. The van der Waals surface area contributed by atoms with Gasteiger partial charge in [-0.05, 0) is 68.3 Å². The molecule has 0 saturated carbocycles. The van der Waals surface area contributed by atoms with Gasteiger partial charge in [-0.3, -0.25) is 0 Å². The minimum Gasteiger partial charge on any atom is -0.464 e. The number of aryl methyl sites for hydroxylation is 1. The maximum Gasteiger partial charge on any atom is 0.416 e. The molecule has 4 nitrogen and oxygen atoms in total. The number of carboxylic acid groups (broad SMARTS) is 1. The van der Waals surface area contributed by atoms with Crippen LogP contribution in [-0.4, -0.2) is 28.9 Å². The SMILES string of the molecule is CCCCc1c(CC2CCNCC2)ccc2c3ccccc3n(C(=O)O)c12. The number of benzene rings is 2. The van der Waals surface area contributed by atoms with Crippen molar-refractivity contribution in [3.8, 4) is 0 Å². The summed E-state index contributed by atoms with van der Waals surface area (Å²) in [4.78, 5) is 12.2. The molecule has 2 heterocycles. The molecule has 0 atom stereocenters. The summed E-state index contributed by atoms with van der Waals surface area (Å²) in [6.45, 7) is 4.37. The summed E-state index contributed by atoms with van der Waals surface area (Å²) in [7, 11) is 0. The minimum atomic E-state index is -0.891. The molecule has 4 heteroatoms. The van der Waals surface area contributed by atoms with E-state index in [1.54, 1.807) is 0 Å². The average Bonchev–Trinajstić information content (AvgIpc) is 3.03. The van der Waals surface area contributed by atoms with Gasteiger partial charge in [0.15, 0.2) is 0 Å². The van der Waals surface area contributed by atoms with Crippen LogP contribution >= 0.6 is 0 Å². The van der Waals surface area contributed by atoms with Crippen molar-refractivity contribution in [3.63, 3.8) is 0 Å². The number of aromatic nitrogens is 1. The summed E-state index contributed by atoms with van der Waals surface area (Å²) in [5.41, 5.74) is 4.28. The van der Waals surface area contributed by atoms with Gasteiger partial charge in [0.2, 0.25) is 0 Å². The van der Waals surface area contributed by atoms with Gasteiger partial charge in [-0.25, -0.2) is 9.36 Å². The van der Waals surface area contributed by atoms with E-state index < -0.39 is 6.09 Å². The normalized spacial score (nSPS) is 15.6. The number of unbranched alkanes of at least 4 members (excludes halogenated alkanes) is 1. The third kappa shape index (κ3) is 3.34. The van der Waals surface area contributed by atoms with E-state index in [9.17, 15) is 9.90 Å². The third-order valence-electron chi connectivity index (χ3n) is 5.98. The van der Waals surface area contributed by atoms with Crippen LogP contribution in [0.3, 0.4) is 0 Å². The fourth-order valence-corrected chi connectivity index (χ4v) is 4.59. The Hall–Kier alpha value is -2.33. The van der Waals surface area contributed by atoms with Gasteiger partial charge in [0.05, 0.1) is 11.0 Å². The summed E-state index contributed by atoms with van der Waals surface area (Å²) in [5, 5.41) is 15.5. The number of fused-ring (bicyclic) bond motifs is 3. The molecule has 2 aromatic carbocycles. The van der Waals surface area contributed by atoms with Crippen molar-refractivity contribution in [3.05, 3.63) is 47.5 Å². The van der Waals surface area contributed by atoms with E-state index in [2.05, 4.69) is 24.4 Å². The molecule has 1 aromatic heterocycles. The maximum atomic E-state index is 12.2. The summed E-state index contributed by atoms with van der Waals surface area (Å²) < 4.78 is 1.52. The van der Waals surface area contributed by atoms with Crippen LogP contribution in [0.2, 0.25) is 0 Å². The largest absolute Gasteiger partial charge is 0.464 e. The molecule has 0 unspecified atom stereocenters. The van der Waals surface area contributed by atoms with E-state index in [1.807, 2.05) is 24.3 Å². The fraction of sp³-hybridized carbons (Fsp3) is 0.435. The Morgan fingerprint density at radius 1 is 1.15 bits per heavy atom. The monoisotopic (exact) mass is 364 g/mol. The quantitative estimate of drug-likeness (QED) is 0.654. The van der Waals surface area contributed by atoms with Crippen LogP contribution in [0.25, 0.3) is 21.8 Å². The van der Waals surface area contributed by atoms with E-state index in [1.165, 1.54) is 28.5 Å². The molecule has 0 spiro atoms. The zero-order chi connectivity index (χ0) is 18.8. The highest BCUT2D eigenvalue weighted by atomic mass is 16.4. The summed E-state index contributed by atoms with van der Waals surface area (Å²) in [6.07, 6.45) is 5.70. The number of nitrogens with one attached hydrogen (secondary N) is 1. The molecular formula is C23H28N2O2. The third-order valence-corrected chi connectivity index (χ3v) is 5.98. The Labute approximate surface area is 160 Å². The smallest absolute Gasteiger partial charge is 0.416 e. The number of nitrogens with zero attached hydrogens (tertiary/aromatic N) is 1. The Morgan fingerprint density at radius 2 is 1.93 bits per heavy atom. The van der Waals surface area contributed by atoms with Gasteiger partial charge >= 0.3 is 6.09 Å². The second kappa shape index (κ2) is 7.73. The van der Waals surface area contributed by atoms with Gasteiger partial charge in [0.1, 0.15) is 0 Å². The van der Waals surface area contributed by atoms with Crippen LogP contribution in [0, 0.1) is 5.92 Å². The van der Waals surface area contributed by atoms with Gasteiger partial charge in [-0.1, -0.05) is 43.7 Å². The maximum absolute atomic E-state index is 12.2. The molecule has 0 radical (unpaired) electrons. The van der Waals surface area contributed by atoms with Crippen molar-refractivity contribution in [2.75, 3.05) is 13.1 Å². The van der Waals surface area contributed by atoms with Crippen molar-refractivity contribution >= 4 is 27.9 Å². The number of hydrogen-bond donors (Lipinski definition) is 2. The molecule has 142 valence electrons. The standard InChI is InChI=1S/C23H28N2O2/c1-2-3-6-18-17(15-16-11-13-24-14-12-16)9-10-20-19-7-4-5-8-21(19)25(22(18)20)23(26)27/h4-5,7-10,16,24H,2-3,6,11-15H2,1H3,(H,26,27). The number of carbonyl (C=O) groups is 1. The Bertz CT molecular complexity index is 967. The van der Waals surface area contributed by atoms with Crippen LogP contribution in [-0.2, 0) is 12.8 Å². The molecule has 1 aliphatic rings. The van der Waals surface area contributed by atoms with Crippen LogP contribution in [0.15, 0.2) is 36.4 Å². The zero-order valence-electron chi connectivity index (χ0n) is 16.0. The van der Waals surface area contributed by atoms with Gasteiger partial charge < -0.3 is 10.4 Å². The Morgan fingerprint density at radius 3 is 2.67 bits per heavy atom. The molecule has 0 amide bonds. The average molecular weight is 364 g/mol. The molecular weight excluding hydrogens is 336 g/mol. The highest BCUT2D eigenvalue weighted by Crippen LogP contribution is 2.35. The molecule has 0 aliphatic carbocycles. The summed E-state index contributed by atoms with van der Waals surface area (Å²) >= 11 is 0. The number of piperidine rings is 1. The van der Waals surface area contributed by atoms with Gasteiger partial charge in [0.25, 0.3) is 0 Å². The van der Waals surface area contributed by atoms with Crippen molar-refractivity contribution in [1.29, 1.82) is 0 Å². The van der Waals surface area contributed by atoms with Crippen LogP contribution in [0.1, 0.15) is 43.7 Å². The predicted molar refractivity (Wildman–Crippen MR) is 111 cm³/mol. The lowest BCUT2D eigenvalue weighted by Crippen LogP contribution is -2.28. The molecule has 2 N–H and O–H groups in total. The molecule has 1 fully saturated rings. The highest BCUT2D eigenvalue weighted by Gasteiger charge is 2.22. The predicted octanol–water partition coefficient (Wildman–Crippen LogP) is 5.21. The first-order valence-electron chi connectivity index (χ1n) is 10.2. The first-order chi connectivity index (χ1) is 13.2. The zero-order valence-corrected chi connectivity index (χ0v) is 16.0. The number of rotatable bonds is 5. The first-order valence-corrected chi connectivity index (χ1v) is 10.2. The lowest BCUT2D eigenvalue weighted by Gasteiger charge is -2.24. The van der Waals surface area contributed by atoms with Gasteiger partial charge in [-0.15, -0.1) is 0 Å². The fourth-order valence-electron chi connectivity index (χ4n) is 4.59. The van der Waals surface area contributed by atoms with E-state index in [-0.39, 0.29) is 0 Å². The number of hydrogen-bond acceptors (Lipinski definition) is 2. The van der Waals surface area contributed by atoms with E-state index in [4.69, 9.17) is 0 Å². The van der Waals surface area contributed by atoms with Gasteiger partial charge in [-0.2, -0.15) is 0 Å². The topological polar surface area (TPSA) is 54.3 Å². The van der Waals surface area contributed by atoms with Gasteiger partial charge in [0, 0.05) is 10.8 Å². The Kier molecular flexibility index (Phi) is 5.17. The minimum absolute atomic E-state index is 0.687. The summed E-state index contributed by atoms with van der Waals surface area (Å²) in [6, 6.07) is 12.3. The van der Waals surface area contributed by atoms with Crippen LogP contribution in [0.5, 0.6) is 0 Å². The lowest BCUT2D eigenvalue weighted by atomic mass is 9.87. The lowest BCUT2D eigenvalue weighted by molar-refractivity contribution is 0.198. The summed E-state index contributed by atoms with van der Waals surface area (Å²) in [5.74, 6) is 0.687. The van der Waals surface area contributed by atoms with Crippen molar-refractivity contribution in [2.45, 2.75) is 45.4 Å². The van der Waals surface area contributed by atoms with E-state index >= 15 is 0 Å². The second-order valence-electron chi connectivity index (χ2n) is 7.74. The molecule has 4 rings (SSSR count). The van der Waals surface area contributed by atoms with E-state index in [0.29, 0.717) is 5.92 Å². The molecule has 1 saturated heterocycles. The van der Waals surface area contributed by atoms with E-state index in [0.717, 1.165) is 60.6 Å². The first kappa shape index (κ1) is 18.1. The molecule has 27 heavy (non-hydrogen) atoms. The number of para-hydroxylation sites is 1. The molecule has 0 bridgehead atoms. The highest BCUT2D eigenvalue weighted by molar-refractivity contribution is 6.13. The van der Waals surface area contributed by atoms with Crippen molar-refractivity contribution in [2.24, 2.45) is 5.92 Å². The second-order valence-corrected chi connectivity index (χ2v) is 7.74. The van der Waals surface area contributed by atoms with Crippen molar-refractivity contribution < 1.29 is 9.90 Å². The van der Waals surface area contributed by atoms with Crippen LogP contribution in [0.4, 0.5) is 4.79 Å².